The van der Waals surface area contributed by atoms with Crippen molar-refractivity contribution in [3.8, 4) is 0 Å². The van der Waals surface area contributed by atoms with Gasteiger partial charge in [-0.1, -0.05) is 0 Å². The smallest absolute Gasteiger partial charge is 0.271 e. The maximum absolute atomic E-state index is 10.4. The fourth-order valence-corrected chi connectivity index (χ4v) is 1.23. The quantitative estimate of drug-likeness (QED) is 0.318. The van der Waals surface area contributed by atoms with Gasteiger partial charge in [0.25, 0.3) is 5.69 Å². The Morgan fingerprint density at radius 1 is 1.46 bits per heavy atom. The van der Waals surface area contributed by atoms with Crippen LogP contribution < -0.4 is 10.6 Å². The fourth-order valence-electron chi connectivity index (χ4n) is 1.23. The number of hydrogen-bond acceptors (Lipinski definition) is 4. The zero-order valence-corrected chi connectivity index (χ0v) is 6.93. The molecule has 0 saturated carbocycles. The van der Waals surface area contributed by atoms with Crippen LogP contribution >= 0.6 is 0 Å². The van der Waals surface area contributed by atoms with Gasteiger partial charge in [-0.2, -0.15) is 0 Å². The minimum absolute atomic E-state index is 0.0445. The molecule has 0 aliphatic carbocycles. The summed E-state index contributed by atoms with van der Waals surface area (Å²) in [5, 5.41) is 10.4. The summed E-state index contributed by atoms with van der Waals surface area (Å²) in [6.45, 7) is 1.98. The summed E-state index contributed by atoms with van der Waals surface area (Å²) in [5.41, 5.74) is 7.07. The van der Waals surface area contributed by atoms with Crippen LogP contribution in [0, 0.1) is 10.1 Å². The summed E-state index contributed by atoms with van der Waals surface area (Å²) < 4.78 is 0. The molecule has 2 N–H and O–H groups in total. The van der Waals surface area contributed by atoms with E-state index in [0.717, 1.165) is 18.8 Å². The number of anilines is 2. The van der Waals surface area contributed by atoms with E-state index in [9.17, 15) is 10.1 Å². The molecule has 1 aromatic carbocycles. The molecule has 1 aromatic rings. The van der Waals surface area contributed by atoms with Crippen LogP contribution in [-0.2, 0) is 0 Å². The van der Waals surface area contributed by atoms with Gasteiger partial charge in [-0.25, -0.2) is 0 Å². The van der Waals surface area contributed by atoms with Crippen molar-refractivity contribution in [1.29, 1.82) is 0 Å². The number of benzene rings is 1. The molecule has 5 heteroatoms. The van der Waals surface area contributed by atoms with Crippen LogP contribution in [0.3, 0.4) is 0 Å². The Hall–Kier alpha value is -1.78. The summed E-state index contributed by atoms with van der Waals surface area (Å²) in [5.74, 6) is 0. The van der Waals surface area contributed by atoms with Crippen molar-refractivity contribution in [1.82, 2.24) is 0 Å². The molecular weight excluding hydrogens is 170 g/mol. The first-order valence-electron chi connectivity index (χ1n) is 3.97. The van der Waals surface area contributed by atoms with E-state index in [-0.39, 0.29) is 5.69 Å². The highest BCUT2D eigenvalue weighted by molar-refractivity contribution is 5.72. The van der Waals surface area contributed by atoms with Gasteiger partial charge in [-0.15, -0.1) is 0 Å². The number of nitrogens with two attached hydrogens (primary N) is 1. The van der Waals surface area contributed by atoms with E-state index < -0.39 is 4.92 Å². The second-order valence-corrected chi connectivity index (χ2v) is 2.99. The van der Waals surface area contributed by atoms with Crippen LogP contribution in [0.4, 0.5) is 17.1 Å². The van der Waals surface area contributed by atoms with Gasteiger partial charge in [-0.3, -0.25) is 10.1 Å². The number of nitro benzene ring substituents is 1. The topological polar surface area (TPSA) is 72.2 Å². The Morgan fingerprint density at radius 2 is 2.15 bits per heavy atom. The number of rotatable bonds is 2. The molecule has 0 amide bonds. The Bertz CT molecular complexity index is 360. The van der Waals surface area contributed by atoms with E-state index in [1.807, 2.05) is 0 Å². The van der Waals surface area contributed by atoms with Gasteiger partial charge in [0.05, 0.1) is 16.3 Å². The number of nitro groups is 1. The Labute approximate surface area is 74.9 Å². The number of nitrogen functional groups attached to an aromatic ring is 1. The molecule has 1 aliphatic heterocycles. The summed E-state index contributed by atoms with van der Waals surface area (Å²) in [7, 11) is 0. The van der Waals surface area contributed by atoms with Gasteiger partial charge in [0.2, 0.25) is 0 Å². The Balaban J connectivity index is 2.36. The van der Waals surface area contributed by atoms with E-state index in [1.54, 1.807) is 6.07 Å². The normalized spacial score (nSPS) is 14.3. The van der Waals surface area contributed by atoms with Gasteiger partial charge in [0.15, 0.2) is 0 Å². The molecule has 68 valence electrons. The van der Waals surface area contributed by atoms with Gasteiger partial charge >= 0.3 is 0 Å². The van der Waals surface area contributed by atoms with Crippen molar-refractivity contribution in [3.05, 3.63) is 28.3 Å². The van der Waals surface area contributed by atoms with Gasteiger partial charge < -0.3 is 10.6 Å². The fraction of sp³-hybridized carbons (Fsp3) is 0.250. The predicted octanol–water partition coefficient (Wildman–Crippen LogP) is 0.997. The van der Waals surface area contributed by atoms with E-state index in [0.29, 0.717) is 5.69 Å². The lowest BCUT2D eigenvalue weighted by Crippen LogP contribution is -1.98. The maximum atomic E-state index is 10.4. The van der Waals surface area contributed by atoms with Crippen molar-refractivity contribution in [2.24, 2.45) is 0 Å². The lowest BCUT2D eigenvalue weighted by molar-refractivity contribution is -0.384. The molecule has 0 aromatic heterocycles. The average Bonchev–Trinajstić information content (AvgIpc) is 2.87. The van der Waals surface area contributed by atoms with Gasteiger partial charge in [0, 0.05) is 25.2 Å². The van der Waals surface area contributed by atoms with Gasteiger partial charge in [0.1, 0.15) is 0 Å². The third-order valence-electron chi connectivity index (χ3n) is 2.01. The summed E-state index contributed by atoms with van der Waals surface area (Å²) in [4.78, 5) is 12.0. The number of nitrogens with zero attached hydrogens (tertiary/aromatic N) is 2. The van der Waals surface area contributed by atoms with E-state index in [1.165, 1.54) is 12.1 Å². The largest absolute Gasteiger partial charge is 0.397 e. The second-order valence-electron chi connectivity index (χ2n) is 2.99. The predicted molar refractivity (Wildman–Crippen MR) is 49.7 cm³/mol. The summed E-state index contributed by atoms with van der Waals surface area (Å²) in [6, 6.07) is 4.57. The second kappa shape index (κ2) is 2.62. The van der Waals surface area contributed by atoms with Crippen molar-refractivity contribution < 1.29 is 4.92 Å². The third-order valence-corrected chi connectivity index (χ3v) is 2.01. The van der Waals surface area contributed by atoms with Crippen molar-refractivity contribution in [2.75, 3.05) is 23.7 Å². The lowest BCUT2D eigenvalue weighted by Gasteiger charge is -2.05. The molecule has 0 radical (unpaired) electrons. The lowest BCUT2D eigenvalue weighted by atomic mass is 10.2. The minimum Gasteiger partial charge on any atom is -0.397 e. The zero-order chi connectivity index (χ0) is 9.42. The monoisotopic (exact) mass is 179 g/mol. The van der Waals surface area contributed by atoms with Crippen molar-refractivity contribution in [2.45, 2.75) is 0 Å². The Kier molecular flexibility index (Phi) is 1.58. The zero-order valence-electron chi connectivity index (χ0n) is 6.93. The highest BCUT2D eigenvalue weighted by atomic mass is 16.6. The molecule has 0 unspecified atom stereocenters. The van der Waals surface area contributed by atoms with E-state index in [2.05, 4.69) is 4.90 Å². The van der Waals surface area contributed by atoms with Crippen LogP contribution in [0.25, 0.3) is 0 Å². The van der Waals surface area contributed by atoms with Crippen LogP contribution in [0.2, 0.25) is 0 Å². The molecule has 0 atom stereocenters. The SMILES string of the molecule is Nc1cc([N+](=O)[O-])ccc1N1CC1. The minimum atomic E-state index is -0.442. The maximum Gasteiger partial charge on any atom is 0.271 e. The molecule has 1 saturated heterocycles. The summed E-state index contributed by atoms with van der Waals surface area (Å²) in [6.07, 6.45) is 0. The average molecular weight is 179 g/mol. The van der Waals surface area contributed by atoms with Crippen LogP contribution in [0.15, 0.2) is 18.2 Å². The first-order chi connectivity index (χ1) is 6.18. The molecule has 0 spiro atoms. The van der Waals surface area contributed by atoms with Crippen molar-refractivity contribution >= 4 is 17.1 Å². The van der Waals surface area contributed by atoms with Crippen molar-refractivity contribution in [3.63, 3.8) is 0 Å². The number of hydrogen-bond donors (Lipinski definition) is 1. The highest BCUT2D eigenvalue weighted by Gasteiger charge is 2.21. The number of non-ortho nitro benzene ring substituents is 1. The first-order valence-corrected chi connectivity index (χ1v) is 3.97. The molecule has 0 bridgehead atoms. The highest BCUT2D eigenvalue weighted by Crippen LogP contribution is 2.30. The molecular formula is C8H9N3O2. The summed E-state index contributed by atoms with van der Waals surface area (Å²) >= 11 is 0. The molecule has 1 heterocycles. The molecule has 1 aliphatic rings. The molecule has 13 heavy (non-hydrogen) atoms. The molecule has 2 rings (SSSR count). The first kappa shape index (κ1) is 7.85. The van der Waals surface area contributed by atoms with Crippen LogP contribution in [0.5, 0.6) is 0 Å². The van der Waals surface area contributed by atoms with Crippen LogP contribution in [0.1, 0.15) is 0 Å². The molecule has 5 nitrogen and oxygen atoms in total. The van der Waals surface area contributed by atoms with E-state index in [4.69, 9.17) is 5.73 Å². The van der Waals surface area contributed by atoms with Crippen LogP contribution in [-0.4, -0.2) is 18.0 Å². The van der Waals surface area contributed by atoms with Gasteiger partial charge in [-0.05, 0) is 6.07 Å². The molecule has 1 fully saturated rings. The standard InChI is InChI=1S/C8H9N3O2/c9-7-5-6(11(12)13)1-2-8(7)10-3-4-10/h1-2,5H,3-4,9H2. The third kappa shape index (κ3) is 1.40. The van der Waals surface area contributed by atoms with E-state index >= 15 is 0 Å². The Morgan fingerprint density at radius 3 is 2.62 bits per heavy atom.